The Morgan fingerprint density at radius 2 is 1.14 bits per heavy atom. The molecule has 0 unspecified atom stereocenters. The molecule has 0 saturated carbocycles. The van der Waals surface area contributed by atoms with Crippen LogP contribution in [0.5, 0.6) is 23.0 Å². The lowest BCUT2D eigenvalue weighted by molar-refractivity contribution is 0.325. The van der Waals surface area contributed by atoms with Gasteiger partial charge in [-0.1, -0.05) is 6.07 Å². The lowest BCUT2D eigenvalue weighted by Crippen LogP contribution is -1.99. The van der Waals surface area contributed by atoms with Gasteiger partial charge in [-0.05, 0) is 135 Å². The number of ether oxygens (including phenoxy) is 3. The fraction of sp³-hybridized carbons (Fsp3) is 0.167. The maximum absolute atomic E-state index is 12.0. The number of anilines is 2. The molecule has 0 aromatic heterocycles. The molecule has 290 valence electrons. The van der Waals surface area contributed by atoms with Gasteiger partial charge in [0.05, 0.1) is 37.9 Å². The van der Waals surface area contributed by atoms with Crippen LogP contribution >= 0.6 is 0 Å². The molecule has 0 atom stereocenters. The number of rotatable bonds is 14. The second-order valence-corrected chi connectivity index (χ2v) is 14.2. The molecular weight excluding hydrogens is 747 g/mol. The fourth-order valence-electron chi connectivity index (χ4n) is 5.67. The van der Waals surface area contributed by atoms with Gasteiger partial charge in [-0.25, -0.2) is 0 Å². The quantitative estimate of drug-likeness (QED) is 0.0718. The van der Waals surface area contributed by atoms with E-state index in [0.717, 1.165) is 39.7 Å². The number of nitrogens with zero attached hydrogens (tertiary/aromatic N) is 6. The Morgan fingerprint density at radius 3 is 1.75 bits per heavy atom. The van der Waals surface area contributed by atoms with Gasteiger partial charge in [0.2, 0.25) is 0 Å². The number of phenolic OH excluding ortho intramolecular Hbond substituents is 1. The molecule has 57 heavy (non-hydrogen) atoms. The number of hydrogen-bond donors (Lipinski definition) is 3. The Morgan fingerprint density at radius 1 is 0.614 bits per heavy atom. The summed E-state index contributed by atoms with van der Waals surface area (Å²) in [6.07, 6.45) is 0.222. The van der Waals surface area contributed by atoms with Gasteiger partial charge in [0.15, 0.2) is 5.75 Å². The van der Waals surface area contributed by atoms with Crippen molar-refractivity contribution in [2.75, 3.05) is 26.1 Å². The van der Waals surface area contributed by atoms with E-state index >= 15 is 0 Å². The lowest BCUT2D eigenvalue weighted by Gasteiger charge is -2.11. The summed E-state index contributed by atoms with van der Waals surface area (Å²) < 4.78 is 49.9. The first-order chi connectivity index (χ1) is 27.4. The van der Waals surface area contributed by atoms with E-state index in [1.54, 1.807) is 32.2 Å². The summed E-state index contributed by atoms with van der Waals surface area (Å²) in [5, 5.41) is 42.1. The van der Waals surface area contributed by atoms with Crippen LogP contribution in [-0.4, -0.2) is 38.9 Å². The second-order valence-electron chi connectivity index (χ2n) is 12.8. The summed E-state index contributed by atoms with van der Waals surface area (Å²) in [5.74, 6) is 1.30. The van der Waals surface area contributed by atoms with Gasteiger partial charge < -0.3 is 24.6 Å². The fourth-order valence-corrected chi connectivity index (χ4v) is 6.31. The SMILES string of the molecule is [CH]CCOc1cc(N=Nc2cc(C)c(N=Nc3ccc4cc(Nc5ccc(OC)cc5)ccc4c3O)cc2C)c(C)cc1N=Nc1ccc(OC)cc1S(=O)(=O)O. The Labute approximate surface area is 330 Å². The molecular formula is C42H39N7O7S. The number of hydrogen-bond acceptors (Lipinski definition) is 13. The topological polar surface area (TPSA) is 188 Å². The number of aryl methyl sites for hydroxylation is 3. The Bertz CT molecular complexity index is 2650. The van der Waals surface area contributed by atoms with E-state index in [2.05, 4.69) is 36.0 Å². The first kappa shape index (κ1) is 40.0. The van der Waals surface area contributed by atoms with Crippen molar-refractivity contribution in [3.05, 3.63) is 121 Å². The van der Waals surface area contributed by atoms with Gasteiger partial charge in [-0.3, -0.25) is 4.55 Å². The zero-order chi connectivity index (χ0) is 40.7. The third kappa shape index (κ3) is 9.58. The number of methoxy groups -OCH3 is 2. The summed E-state index contributed by atoms with van der Waals surface area (Å²) in [4.78, 5) is -0.462. The molecule has 2 radical (unpaired) electrons. The normalized spacial score (nSPS) is 11.9. The number of benzene rings is 6. The standard InChI is InChI=1S/C42H39N7O7S/c1-7-18-56-40-24-38(27(4)21-39(40)49-44-34-17-14-32(55-6)23-41(34)57(51,52)53)48-47-37-20-25(2)36(19-26(37)3)46-45-35-16-8-28-22-30(11-15-33(28)42(35)50)43-29-9-12-31(54-5)13-10-29/h1,8-17,19-24,43,50H,7,18H2,2-6H3,(H,51,52,53). The molecule has 6 aromatic rings. The average Bonchev–Trinajstić information content (AvgIpc) is 3.20. The predicted molar refractivity (Wildman–Crippen MR) is 219 cm³/mol. The van der Waals surface area contributed by atoms with Crippen LogP contribution in [0.25, 0.3) is 10.8 Å². The lowest BCUT2D eigenvalue weighted by atomic mass is 10.1. The zero-order valence-corrected chi connectivity index (χ0v) is 32.6. The van der Waals surface area contributed by atoms with Crippen LogP contribution in [0.2, 0.25) is 0 Å². The molecule has 0 aliphatic carbocycles. The third-order valence-corrected chi connectivity index (χ3v) is 9.64. The number of phenols is 1. The van der Waals surface area contributed by atoms with Crippen molar-refractivity contribution >= 4 is 66.4 Å². The van der Waals surface area contributed by atoms with Crippen LogP contribution in [0.1, 0.15) is 23.1 Å². The van der Waals surface area contributed by atoms with Crippen LogP contribution in [-0.2, 0) is 10.1 Å². The molecule has 6 aromatic carbocycles. The Balaban J connectivity index is 1.21. The van der Waals surface area contributed by atoms with Gasteiger partial charge in [-0.2, -0.15) is 23.8 Å². The van der Waals surface area contributed by atoms with E-state index in [9.17, 15) is 18.1 Å². The monoisotopic (exact) mass is 785 g/mol. The van der Waals surface area contributed by atoms with Crippen molar-refractivity contribution in [1.29, 1.82) is 0 Å². The molecule has 0 heterocycles. The number of azo groups is 3. The molecule has 0 saturated heterocycles. The van der Waals surface area contributed by atoms with E-state index in [1.165, 1.54) is 19.2 Å². The molecule has 3 N–H and O–H groups in total. The summed E-state index contributed by atoms with van der Waals surface area (Å²) in [6, 6.07) is 27.9. The molecule has 0 aliphatic heterocycles. The van der Waals surface area contributed by atoms with Gasteiger partial charge in [0.1, 0.15) is 39.2 Å². The minimum atomic E-state index is -4.62. The predicted octanol–water partition coefficient (Wildman–Crippen LogP) is 12.2. The molecule has 0 spiro atoms. The zero-order valence-electron chi connectivity index (χ0n) is 31.8. The van der Waals surface area contributed by atoms with Crippen molar-refractivity contribution in [2.45, 2.75) is 32.1 Å². The molecule has 6 rings (SSSR count). The average molecular weight is 786 g/mol. The molecule has 0 aliphatic rings. The molecule has 0 fully saturated rings. The molecule has 15 heteroatoms. The first-order valence-electron chi connectivity index (χ1n) is 17.5. The Kier molecular flexibility index (Phi) is 12.2. The van der Waals surface area contributed by atoms with Crippen molar-refractivity contribution in [3.8, 4) is 23.0 Å². The smallest absolute Gasteiger partial charge is 0.296 e. The summed E-state index contributed by atoms with van der Waals surface area (Å²) in [7, 11) is -1.63. The van der Waals surface area contributed by atoms with Gasteiger partial charge >= 0.3 is 0 Å². The number of fused-ring (bicyclic) bond motifs is 1. The van der Waals surface area contributed by atoms with Crippen molar-refractivity contribution in [2.24, 2.45) is 30.7 Å². The molecule has 0 bridgehead atoms. The minimum absolute atomic E-state index is 0.0216. The molecule has 14 nitrogen and oxygen atoms in total. The maximum Gasteiger partial charge on any atom is 0.296 e. The van der Waals surface area contributed by atoms with Crippen LogP contribution in [0.4, 0.5) is 45.5 Å². The van der Waals surface area contributed by atoms with Crippen LogP contribution in [0.3, 0.4) is 0 Å². The van der Waals surface area contributed by atoms with E-state index in [-0.39, 0.29) is 41.7 Å². The molecule has 0 amide bonds. The van der Waals surface area contributed by atoms with Crippen molar-refractivity contribution < 1.29 is 32.3 Å². The van der Waals surface area contributed by atoms with E-state index in [0.29, 0.717) is 33.7 Å². The minimum Gasteiger partial charge on any atom is -0.505 e. The highest BCUT2D eigenvalue weighted by Gasteiger charge is 2.18. The highest BCUT2D eigenvalue weighted by Crippen LogP contribution is 2.40. The van der Waals surface area contributed by atoms with Crippen LogP contribution < -0.4 is 19.5 Å². The van der Waals surface area contributed by atoms with Crippen molar-refractivity contribution in [3.63, 3.8) is 0 Å². The number of nitrogens with one attached hydrogen (secondary N) is 1. The van der Waals surface area contributed by atoms with Gasteiger partial charge in [0.25, 0.3) is 10.1 Å². The van der Waals surface area contributed by atoms with Gasteiger partial charge in [0, 0.05) is 28.9 Å². The summed E-state index contributed by atoms with van der Waals surface area (Å²) in [5.41, 5.74) is 6.22. The highest BCUT2D eigenvalue weighted by atomic mass is 32.2. The second kappa shape index (κ2) is 17.4. The Hall–Kier alpha value is -6.71. The largest absolute Gasteiger partial charge is 0.505 e. The first-order valence-corrected chi connectivity index (χ1v) is 19.0. The summed E-state index contributed by atoms with van der Waals surface area (Å²) in [6.45, 7) is 11.4. The number of aromatic hydroxyl groups is 1. The van der Waals surface area contributed by atoms with Crippen molar-refractivity contribution in [1.82, 2.24) is 0 Å². The highest BCUT2D eigenvalue weighted by molar-refractivity contribution is 7.86. The van der Waals surface area contributed by atoms with E-state index < -0.39 is 15.0 Å². The maximum atomic E-state index is 12.0. The summed E-state index contributed by atoms with van der Waals surface area (Å²) >= 11 is 0. The third-order valence-electron chi connectivity index (χ3n) is 8.76. The van der Waals surface area contributed by atoms with E-state index in [1.807, 2.05) is 74.5 Å². The van der Waals surface area contributed by atoms with Crippen LogP contribution in [0, 0.1) is 27.7 Å². The van der Waals surface area contributed by atoms with Crippen LogP contribution in [0.15, 0.2) is 133 Å². The van der Waals surface area contributed by atoms with Gasteiger partial charge in [-0.15, -0.1) is 15.3 Å². The van der Waals surface area contributed by atoms with E-state index in [4.69, 9.17) is 21.1 Å².